The van der Waals surface area contributed by atoms with E-state index in [1.807, 2.05) is 23.6 Å². The monoisotopic (exact) mass is 276 g/mol. The van der Waals surface area contributed by atoms with Crippen LogP contribution in [0, 0.1) is 4.77 Å². The maximum atomic E-state index is 5.18. The van der Waals surface area contributed by atoms with E-state index in [1.165, 1.54) is 0 Å². The second-order valence-corrected chi connectivity index (χ2v) is 4.74. The largest absolute Gasteiger partial charge is 0.463 e. The molecule has 7 heteroatoms. The van der Waals surface area contributed by atoms with Crippen LogP contribution in [0.3, 0.4) is 0 Å². The first-order chi connectivity index (χ1) is 8.84. The quantitative estimate of drug-likeness (QED) is 0.590. The maximum Gasteiger partial charge on any atom is 0.216 e. The Morgan fingerprint density at radius 3 is 3.11 bits per heavy atom. The lowest BCUT2D eigenvalue weighted by atomic mass is 10.4. The molecule has 3 aromatic rings. The van der Waals surface area contributed by atoms with Crippen molar-refractivity contribution in [1.29, 1.82) is 0 Å². The van der Waals surface area contributed by atoms with Gasteiger partial charge < -0.3 is 4.42 Å². The molecule has 18 heavy (non-hydrogen) atoms. The molecule has 0 aliphatic rings. The Morgan fingerprint density at radius 2 is 2.39 bits per heavy atom. The van der Waals surface area contributed by atoms with Crippen molar-refractivity contribution in [2.75, 3.05) is 0 Å². The average Bonchev–Trinajstić information content (AvgIpc) is 3.08. The average molecular weight is 276 g/mol. The summed E-state index contributed by atoms with van der Waals surface area (Å²) in [6.45, 7) is 0. The fourth-order valence-corrected chi connectivity index (χ4v) is 2.32. The van der Waals surface area contributed by atoms with Gasteiger partial charge in [-0.05, 0) is 35.8 Å². The van der Waals surface area contributed by atoms with Crippen molar-refractivity contribution >= 4 is 29.8 Å². The molecule has 5 nitrogen and oxygen atoms in total. The van der Waals surface area contributed by atoms with Crippen molar-refractivity contribution in [2.45, 2.75) is 0 Å². The molecule has 3 rings (SSSR count). The zero-order valence-electron chi connectivity index (χ0n) is 9.11. The first-order valence-electron chi connectivity index (χ1n) is 5.14. The second kappa shape index (κ2) is 4.71. The summed E-state index contributed by atoms with van der Waals surface area (Å²) in [6, 6.07) is 7.54. The van der Waals surface area contributed by atoms with Gasteiger partial charge in [0, 0.05) is 0 Å². The highest BCUT2D eigenvalue weighted by Gasteiger charge is 2.08. The van der Waals surface area contributed by atoms with E-state index in [1.54, 1.807) is 34.6 Å². The van der Waals surface area contributed by atoms with E-state index < -0.39 is 0 Å². The highest BCUT2D eigenvalue weighted by Crippen LogP contribution is 2.22. The number of rotatable bonds is 3. The van der Waals surface area contributed by atoms with Gasteiger partial charge in [0.25, 0.3) is 0 Å². The van der Waals surface area contributed by atoms with Crippen molar-refractivity contribution < 1.29 is 4.42 Å². The summed E-state index contributed by atoms with van der Waals surface area (Å²) >= 11 is 6.73. The van der Waals surface area contributed by atoms with Gasteiger partial charge in [-0.1, -0.05) is 6.07 Å². The normalized spacial score (nSPS) is 11.3. The highest BCUT2D eigenvalue weighted by molar-refractivity contribution is 7.71. The van der Waals surface area contributed by atoms with E-state index in [4.69, 9.17) is 16.6 Å². The Kier molecular flexibility index (Phi) is 2.91. The van der Waals surface area contributed by atoms with Gasteiger partial charge in [0.2, 0.25) is 4.77 Å². The molecule has 0 radical (unpaired) electrons. The number of nitrogens with zero attached hydrogens (tertiary/aromatic N) is 3. The number of aromatic amines is 1. The number of furan rings is 1. The fourth-order valence-electron chi connectivity index (χ4n) is 1.44. The van der Waals surface area contributed by atoms with Gasteiger partial charge in [0.1, 0.15) is 5.76 Å². The van der Waals surface area contributed by atoms with E-state index >= 15 is 0 Å². The van der Waals surface area contributed by atoms with Crippen molar-refractivity contribution in [2.24, 2.45) is 5.10 Å². The summed E-state index contributed by atoms with van der Waals surface area (Å²) in [7, 11) is 0. The van der Waals surface area contributed by atoms with E-state index in [-0.39, 0.29) is 0 Å². The molecule has 0 saturated heterocycles. The van der Waals surface area contributed by atoms with Crippen LogP contribution in [0.2, 0.25) is 0 Å². The van der Waals surface area contributed by atoms with E-state index in [0.717, 1.165) is 4.88 Å². The minimum atomic E-state index is 0.446. The Bertz CT molecular complexity index is 707. The topological polar surface area (TPSA) is 59.1 Å². The zero-order valence-corrected chi connectivity index (χ0v) is 10.7. The summed E-state index contributed by atoms with van der Waals surface area (Å²) < 4.78 is 7.20. The number of hydrogen-bond donors (Lipinski definition) is 1. The molecule has 0 spiro atoms. The Labute approximate surface area is 111 Å². The molecular weight excluding hydrogens is 268 g/mol. The van der Waals surface area contributed by atoms with Crippen LogP contribution >= 0.6 is 23.6 Å². The van der Waals surface area contributed by atoms with Crippen LogP contribution in [0.1, 0.15) is 5.76 Å². The smallest absolute Gasteiger partial charge is 0.216 e. The van der Waals surface area contributed by atoms with Gasteiger partial charge >= 0.3 is 0 Å². The molecule has 0 aromatic carbocycles. The number of hydrogen-bond acceptors (Lipinski definition) is 5. The summed E-state index contributed by atoms with van der Waals surface area (Å²) in [4.78, 5) is 0.999. The van der Waals surface area contributed by atoms with Crippen LogP contribution in [-0.4, -0.2) is 21.1 Å². The van der Waals surface area contributed by atoms with Crippen LogP contribution in [0.4, 0.5) is 0 Å². The van der Waals surface area contributed by atoms with Crippen LogP contribution in [-0.2, 0) is 0 Å². The molecule has 0 amide bonds. The Morgan fingerprint density at radius 1 is 1.44 bits per heavy atom. The highest BCUT2D eigenvalue weighted by atomic mass is 32.1. The van der Waals surface area contributed by atoms with Gasteiger partial charge in [-0.2, -0.15) is 14.9 Å². The Balaban J connectivity index is 2.02. The molecule has 0 bridgehead atoms. The van der Waals surface area contributed by atoms with Crippen LogP contribution in [0.15, 0.2) is 45.4 Å². The minimum Gasteiger partial charge on any atom is -0.463 e. The van der Waals surface area contributed by atoms with E-state index in [9.17, 15) is 0 Å². The van der Waals surface area contributed by atoms with Gasteiger partial charge in [-0.25, -0.2) is 5.10 Å². The third kappa shape index (κ3) is 2.05. The fraction of sp³-hybridized carbons (Fsp3) is 0. The molecular formula is C11H8N4OS2. The molecule has 90 valence electrons. The van der Waals surface area contributed by atoms with Gasteiger partial charge in [-0.15, -0.1) is 11.3 Å². The summed E-state index contributed by atoms with van der Waals surface area (Å²) in [5.74, 6) is 1.35. The Hall–Kier alpha value is -1.99. The molecule has 0 unspecified atom stereocenters. The number of aromatic nitrogens is 3. The van der Waals surface area contributed by atoms with Crippen molar-refractivity contribution in [3.63, 3.8) is 0 Å². The third-order valence-corrected chi connectivity index (χ3v) is 3.37. The zero-order chi connectivity index (χ0) is 12.4. The van der Waals surface area contributed by atoms with Gasteiger partial charge in [0.15, 0.2) is 5.82 Å². The van der Waals surface area contributed by atoms with Gasteiger partial charge in [0.05, 0.1) is 17.4 Å². The lowest BCUT2D eigenvalue weighted by molar-refractivity contribution is 0.559. The molecule has 0 saturated carbocycles. The number of H-pyrrole nitrogens is 1. The first-order valence-corrected chi connectivity index (χ1v) is 6.42. The number of thiophene rings is 1. The SMILES string of the molecule is S=c1[nH]nc(-c2cccs2)n1/N=C\c1ccco1. The molecule has 1 N–H and O–H groups in total. The molecule has 3 aromatic heterocycles. The predicted octanol–water partition coefficient (Wildman–Crippen LogP) is 3.14. The second-order valence-electron chi connectivity index (χ2n) is 3.40. The molecule has 0 fully saturated rings. The van der Waals surface area contributed by atoms with E-state index in [2.05, 4.69) is 15.3 Å². The van der Waals surface area contributed by atoms with Gasteiger partial charge in [-0.3, -0.25) is 0 Å². The standard InChI is InChI=1S/C11H8N4OS2/c17-11-14-13-10(9-4-2-6-18-9)15(11)12-7-8-3-1-5-16-8/h1-7H,(H,14,17)/b12-7-. The van der Waals surface area contributed by atoms with Crippen LogP contribution in [0.25, 0.3) is 10.7 Å². The van der Waals surface area contributed by atoms with Crippen molar-refractivity contribution in [1.82, 2.24) is 14.9 Å². The van der Waals surface area contributed by atoms with Crippen LogP contribution < -0.4 is 0 Å². The lowest BCUT2D eigenvalue weighted by Crippen LogP contribution is -1.93. The summed E-state index contributed by atoms with van der Waals surface area (Å²) in [5.41, 5.74) is 0. The maximum absolute atomic E-state index is 5.18. The molecule has 3 heterocycles. The molecule has 0 atom stereocenters. The summed E-state index contributed by atoms with van der Waals surface area (Å²) in [6.07, 6.45) is 3.19. The molecule has 0 aliphatic carbocycles. The van der Waals surface area contributed by atoms with Crippen molar-refractivity contribution in [3.8, 4) is 10.7 Å². The van der Waals surface area contributed by atoms with Crippen molar-refractivity contribution in [3.05, 3.63) is 46.4 Å². The lowest BCUT2D eigenvalue weighted by Gasteiger charge is -1.96. The number of nitrogens with one attached hydrogen (secondary N) is 1. The van der Waals surface area contributed by atoms with E-state index in [0.29, 0.717) is 16.4 Å². The summed E-state index contributed by atoms with van der Waals surface area (Å²) in [5, 5.41) is 13.2. The molecule has 0 aliphatic heterocycles. The van der Waals surface area contributed by atoms with Crippen LogP contribution in [0.5, 0.6) is 0 Å². The third-order valence-electron chi connectivity index (χ3n) is 2.24. The predicted molar refractivity (Wildman–Crippen MR) is 72.4 cm³/mol. The minimum absolute atomic E-state index is 0.446. The first kappa shape index (κ1) is 11.1.